The Bertz CT molecular complexity index is 1530. The monoisotopic (exact) mass is 632 g/mol. The van der Waals surface area contributed by atoms with Crippen LogP contribution in [-0.2, 0) is 14.2 Å². The fourth-order valence-electron chi connectivity index (χ4n) is 4.37. The lowest BCUT2D eigenvalue weighted by molar-refractivity contribution is -0.105. The molecule has 4 aromatic carbocycles. The molecule has 0 saturated carbocycles. The van der Waals surface area contributed by atoms with Crippen molar-refractivity contribution in [2.75, 3.05) is 25.2 Å². The maximum Gasteiger partial charge on any atom is 0.341 e. The molecule has 11 heteroatoms. The minimum Gasteiger partial charge on any atom is -0.508 e. The van der Waals surface area contributed by atoms with Gasteiger partial charge in [-0.05, 0) is 86.0 Å². The van der Waals surface area contributed by atoms with Crippen LogP contribution in [0.1, 0.15) is 53.8 Å². The highest BCUT2D eigenvalue weighted by Crippen LogP contribution is 2.33. The molecule has 4 aromatic rings. The van der Waals surface area contributed by atoms with Crippen LogP contribution >= 0.6 is 23.2 Å². The number of alkyl halides is 2. The van der Waals surface area contributed by atoms with E-state index < -0.39 is 11.9 Å². The Morgan fingerprint density at radius 2 is 1.33 bits per heavy atom. The van der Waals surface area contributed by atoms with Gasteiger partial charge in [0.1, 0.15) is 34.1 Å². The first kappa shape index (κ1) is 33.6. The molecule has 1 heterocycles. The fourth-order valence-corrected chi connectivity index (χ4v) is 4.37. The van der Waals surface area contributed by atoms with Gasteiger partial charge in [-0.15, -0.1) is 23.2 Å². The van der Waals surface area contributed by atoms with E-state index in [4.69, 9.17) is 42.1 Å². The molecule has 1 saturated heterocycles. The van der Waals surface area contributed by atoms with Crippen molar-refractivity contribution in [3.8, 4) is 23.0 Å². The molecule has 1 aliphatic rings. The Hall–Kier alpha value is -3.92. The predicted octanol–water partition coefficient (Wildman–Crippen LogP) is 7.48. The summed E-state index contributed by atoms with van der Waals surface area (Å²) in [6.45, 7) is 4.68. The van der Waals surface area contributed by atoms with Gasteiger partial charge in [-0.3, -0.25) is 0 Å². The number of esters is 2. The van der Waals surface area contributed by atoms with Crippen LogP contribution in [0.4, 0.5) is 0 Å². The van der Waals surface area contributed by atoms with E-state index >= 15 is 0 Å². The molecule has 0 aromatic heterocycles. The van der Waals surface area contributed by atoms with Crippen molar-refractivity contribution in [2.24, 2.45) is 0 Å². The highest BCUT2D eigenvalue weighted by molar-refractivity contribution is 6.40. The van der Waals surface area contributed by atoms with Crippen LogP contribution in [0.25, 0.3) is 21.5 Å². The number of hydrogen-bond donors (Lipinski definition) is 3. The van der Waals surface area contributed by atoms with Crippen molar-refractivity contribution in [1.29, 1.82) is 0 Å². The normalized spacial score (nSPS) is 14.1. The number of ether oxygens (including phenoxy) is 4. The molecule has 0 radical (unpaired) electrons. The first-order chi connectivity index (χ1) is 20.7. The van der Waals surface area contributed by atoms with Crippen molar-refractivity contribution in [1.82, 2.24) is 0 Å². The minimum atomic E-state index is -0.556. The summed E-state index contributed by atoms with van der Waals surface area (Å²) in [5.74, 6) is -0.473. The zero-order valence-corrected chi connectivity index (χ0v) is 25.4. The summed E-state index contributed by atoms with van der Waals surface area (Å²) in [5, 5.41) is 32.3. The second-order valence-corrected chi connectivity index (χ2v) is 9.98. The SMILES string of the molecule is CCOC(=O)c1ccc2cc(O)ccc2c1O.CCOC(=O)c1ccc2cc(OC3CCCCO3)ccc2c1O.ClCCl. The van der Waals surface area contributed by atoms with Crippen LogP contribution in [0.5, 0.6) is 23.0 Å². The topological polar surface area (TPSA) is 132 Å². The van der Waals surface area contributed by atoms with E-state index in [0.29, 0.717) is 21.9 Å². The highest BCUT2D eigenvalue weighted by Gasteiger charge is 2.18. The van der Waals surface area contributed by atoms with Crippen LogP contribution in [0.15, 0.2) is 60.7 Å². The summed E-state index contributed by atoms with van der Waals surface area (Å²) in [5.41, 5.74) is 0.300. The molecule has 1 aliphatic heterocycles. The van der Waals surface area contributed by atoms with Crippen molar-refractivity contribution in [3.63, 3.8) is 0 Å². The van der Waals surface area contributed by atoms with Crippen molar-refractivity contribution in [2.45, 2.75) is 39.4 Å². The van der Waals surface area contributed by atoms with Crippen LogP contribution in [0.3, 0.4) is 0 Å². The van der Waals surface area contributed by atoms with E-state index in [2.05, 4.69) is 0 Å². The van der Waals surface area contributed by atoms with Gasteiger partial charge in [-0.1, -0.05) is 12.1 Å². The zero-order chi connectivity index (χ0) is 31.4. The number of phenols is 3. The third kappa shape index (κ3) is 9.03. The van der Waals surface area contributed by atoms with E-state index in [1.165, 1.54) is 18.2 Å². The summed E-state index contributed by atoms with van der Waals surface area (Å²) in [6, 6.07) is 16.4. The average Bonchev–Trinajstić information content (AvgIpc) is 2.99. The number of halogens is 2. The van der Waals surface area contributed by atoms with E-state index in [-0.39, 0.29) is 53.2 Å². The lowest BCUT2D eigenvalue weighted by Crippen LogP contribution is -2.24. The highest BCUT2D eigenvalue weighted by atomic mass is 35.5. The number of benzene rings is 4. The van der Waals surface area contributed by atoms with Gasteiger partial charge in [0.2, 0.25) is 0 Å². The summed E-state index contributed by atoms with van der Waals surface area (Å²) in [7, 11) is 0. The number of hydrogen-bond acceptors (Lipinski definition) is 9. The first-order valence-corrected chi connectivity index (χ1v) is 14.8. The van der Waals surface area contributed by atoms with Gasteiger partial charge in [-0.25, -0.2) is 9.59 Å². The number of aromatic hydroxyl groups is 3. The number of rotatable bonds is 6. The van der Waals surface area contributed by atoms with Gasteiger partial charge in [0, 0.05) is 17.2 Å². The smallest absolute Gasteiger partial charge is 0.341 e. The molecule has 1 fully saturated rings. The van der Waals surface area contributed by atoms with Gasteiger partial charge in [0.15, 0.2) is 6.29 Å². The Balaban J connectivity index is 0.000000224. The number of fused-ring (bicyclic) bond motifs is 2. The summed E-state index contributed by atoms with van der Waals surface area (Å²) in [6.07, 6.45) is 2.84. The summed E-state index contributed by atoms with van der Waals surface area (Å²) in [4.78, 5) is 23.4. The molecule has 0 spiro atoms. The molecule has 0 amide bonds. The molecule has 230 valence electrons. The van der Waals surface area contributed by atoms with E-state index in [1.807, 2.05) is 6.07 Å². The maximum atomic E-state index is 11.8. The lowest BCUT2D eigenvalue weighted by atomic mass is 10.0. The Labute approximate surface area is 259 Å². The summed E-state index contributed by atoms with van der Waals surface area (Å²) < 4.78 is 21.2. The number of carbonyl (C=O) groups is 2. The number of phenolic OH excluding ortho intramolecular Hbond substituents is 3. The zero-order valence-electron chi connectivity index (χ0n) is 23.8. The van der Waals surface area contributed by atoms with Gasteiger partial charge in [0.25, 0.3) is 0 Å². The Morgan fingerprint density at radius 1 is 0.791 bits per heavy atom. The van der Waals surface area contributed by atoms with Gasteiger partial charge >= 0.3 is 11.9 Å². The van der Waals surface area contributed by atoms with Crippen LogP contribution in [-0.4, -0.2) is 58.7 Å². The summed E-state index contributed by atoms with van der Waals surface area (Å²) >= 11 is 9.53. The standard InChI is InChI=1S/C18H20O5.C13H12O4.CH2Cl2/c1-2-21-18(20)15-8-6-12-11-13(7-9-14(12)17(15)19)23-16-5-3-4-10-22-16;1-2-17-13(16)11-5-3-8-7-9(14)4-6-10(8)12(11)15;2-1-3/h6-9,11,16,19H,2-5,10H2,1H3;3-7,14-15H,2H2,1H3;1H2. The number of carbonyl (C=O) groups excluding carboxylic acids is 2. The first-order valence-electron chi connectivity index (χ1n) is 13.7. The maximum absolute atomic E-state index is 11.8. The van der Waals surface area contributed by atoms with Crippen LogP contribution < -0.4 is 4.74 Å². The van der Waals surface area contributed by atoms with E-state index in [0.717, 1.165) is 31.3 Å². The third-order valence-corrected chi connectivity index (χ3v) is 6.33. The van der Waals surface area contributed by atoms with Gasteiger partial charge in [-0.2, -0.15) is 0 Å². The molecule has 3 N–H and O–H groups in total. The Kier molecular flexibility index (Phi) is 13.0. The van der Waals surface area contributed by atoms with Gasteiger partial charge in [0.05, 0.1) is 25.2 Å². The van der Waals surface area contributed by atoms with Crippen LogP contribution in [0, 0.1) is 0 Å². The van der Waals surface area contributed by atoms with Crippen molar-refractivity contribution in [3.05, 3.63) is 71.8 Å². The predicted molar refractivity (Wildman–Crippen MR) is 166 cm³/mol. The molecule has 9 nitrogen and oxygen atoms in total. The minimum absolute atomic E-state index is 0.0681. The molecule has 0 bridgehead atoms. The van der Waals surface area contributed by atoms with Crippen molar-refractivity contribution >= 4 is 56.7 Å². The quantitative estimate of drug-likeness (QED) is 0.146. The molecule has 1 unspecified atom stereocenters. The van der Waals surface area contributed by atoms with E-state index in [9.17, 15) is 24.9 Å². The average molecular weight is 634 g/mol. The molecule has 5 rings (SSSR count). The molecular formula is C32H34Cl2O9. The fraction of sp³-hybridized carbons (Fsp3) is 0.312. The van der Waals surface area contributed by atoms with Crippen molar-refractivity contribution < 1.29 is 43.9 Å². The second-order valence-electron chi connectivity index (χ2n) is 9.17. The van der Waals surface area contributed by atoms with Gasteiger partial charge < -0.3 is 34.3 Å². The largest absolute Gasteiger partial charge is 0.508 e. The molecule has 1 atom stereocenters. The molecule has 43 heavy (non-hydrogen) atoms. The van der Waals surface area contributed by atoms with Crippen LogP contribution in [0.2, 0.25) is 0 Å². The third-order valence-electron chi connectivity index (χ3n) is 6.33. The molecule has 0 aliphatic carbocycles. The van der Waals surface area contributed by atoms with E-state index in [1.54, 1.807) is 50.2 Å². The second kappa shape index (κ2) is 16.6. The lowest BCUT2D eigenvalue weighted by Gasteiger charge is -2.23. The molecular weight excluding hydrogens is 599 g/mol. The Morgan fingerprint density at radius 3 is 1.84 bits per heavy atom.